The molecule has 0 saturated carbocycles. The summed E-state index contributed by atoms with van der Waals surface area (Å²) in [4.78, 5) is 0. The van der Waals surface area contributed by atoms with E-state index in [1.807, 2.05) is 0 Å². The van der Waals surface area contributed by atoms with Gasteiger partial charge in [0.25, 0.3) is 0 Å². The third-order valence-corrected chi connectivity index (χ3v) is 10.6. The zero-order chi connectivity index (χ0) is 32.8. The highest BCUT2D eigenvalue weighted by atomic mass is 16.3. The third-order valence-electron chi connectivity index (χ3n) is 10.6. The lowest BCUT2D eigenvalue weighted by molar-refractivity contribution is 0.670. The molecule has 0 unspecified atom stereocenters. The van der Waals surface area contributed by atoms with Gasteiger partial charge in [0.2, 0.25) is 0 Å². The molecule has 11 rings (SSSR count). The molecule has 2 nitrogen and oxygen atoms in total. The van der Waals surface area contributed by atoms with Crippen LogP contribution in [0.1, 0.15) is 0 Å². The fraction of sp³-hybridized carbons (Fsp3) is 0. The fourth-order valence-corrected chi connectivity index (χ4v) is 8.31. The van der Waals surface area contributed by atoms with Crippen molar-refractivity contribution in [3.05, 3.63) is 176 Å². The van der Waals surface area contributed by atoms with E-state index in [1.54, 1.807) is 0 Å². The second-order valence-electron chi connectivity index (χ2n) is 13.3. The number of aromatic nitrogens is 1. The van der Waals surface area contributed by atoms with Crippen LogP contribution >= 0.6 is 0 Å². The van der Waals surface area contributed by atoms with Gasteiger partial charge in [-0.05, 0) is 91.5 Å². The van der Waals surface area contributed by atoms with Crippen LogP contribution in [0.4, 0.5) is 0 Å². The van der Waals surface area contributed by atoms with Crippen LogP contribution in [0.5, 0.6) is 0 Å². The summed E-state index contributed by atoms with van der Waals surface area (Å²) in [5.74, 6) is 0. The molecule has 232 valence electrons. The maximum Gasteiger partial charge on any atom is 0.143 e. The van der Waals surface area contributed by atoms with E-state index in [0.717, 1.165) is 38.8 Å². The molecular weight excluding hydrogens is 607 g/mol. The Labute approximate surface area is 288 Å². The van der Waals surface area contributed by atoms with Crippen molar-refractivity contribution in [1.82, 2.24) is 4.57 Å². The number of nitrogens with zero attached hydrogens (tertiary/aromatic N) is 1. The normalized spacial score (nSPS) is 12.0. The SMILES string of the molecule is c1cc(-c2ccc3c4ccccc4c4ccccc4c3c2)cc(-c2cccc3c2oc2ccc(-n4c5ccccc5c5ccccc54)cc23)c1. The van der Waals surface area contributed by atoms with Gasteiger partial charge in [0, 0.05) is 32.8 Å². The van der Waals surface area contributed by atoms with E-state index >= 15 is 0 Å². The second kappa shape index (κ2) is 10.4. The Bertz CT molecular complexity index is 3070. The Balaban J connectivity index is 1.06. The summed E-state index contributed by atoms with van der Waals surface area (Å²) in [6, 6.07) is 63.7. The van der Waals surface area contributed by atoms with Gasteiger partial charge in [-0.1, -0.05) is 133 Å². The molecule has 2 heteroatoms. The number of benzene rings is 9. The maximum absolute atomic E-state index is 6.67. The molecule has 0 fully saturated rings. The van der Waals surface area contributed by atoms with Crippen molar-refractivity contribution >= 4 is 76.1 Å². The van der Waals surface area contributed by atoms with Crippen molar-refractivity contribution in [2.45, 2.75) is 0 Å². The molecule has 0 amide bonds. The van der Waals surface area contributed by atoms with Gasteiger partial charge in [-0.25, -0.2) is 0 Å². The van der Waals surface area contributed by atoms with Gasteiger partial charge < -0.3 is 8.98 Å². The zero-order valence-corrected chi connectivity index (χ0v) is 27.1. The van der Waals surface area contributed by atoms with E-state index in [1.165, 1.54) is 65.3 Å². The Kier molecular flexibility index (Phi) is 5.70. The quantitative estimate of drug-likeness (QED) is 0.177. The number of hydrogen-bond acceptors (Lipinski definition) is 1. The van der Waals surface area contributed by atoms with Crippen LogP contribution in [-0.2, 0) is 0 Å². The summed E-state index contributed by atoms with van der Waals surface area (Å²) in [7, 11) is 0. The Morgan fingerprint density at radius 3 is 1.56 bits per heavy atom. The molecule has 0 bridgehead atoms. The van der Waals surface area contributed by atoms with Crippen molar-refractivity contribution in [3.8, 4) is 27.9 Å². The summed E-state index contributed by atoms with van der Waals surface area (Å²) in [6.45, 7) is 0. The van der Waals surface area contributed by atoms with Crippen LogP contribution in [0.25, 0.3) is 104 Å². The topological polar surface area (TPSA) is 18.1 Å². The van der Waals surface area contributed by atoms with Gasteiger partial charge in [-0.3, -0.25) is 0 Å². The number of rotatable bonds is 3. The van der Waals surface area contributed by atoms with E-state index in [9.17, 15) is 0 Å². The first-order valence-electron chi connectivity index (χ1n) is 17.2. The van der Waals surface area contributed by atoms with Crippen LogP contribution in [-0.4, -0.2) is 4.57 Å². The predicted molar refractivity (Wildman–Crippen MR) is 211 cm³/mol. The Hall–Kier alpha value is -6.64. The lowest BCUT2D eigenvalue weighted by Crippen LogP contribution is -1.93. The van der Waals surface area contributed by atoms with Gasteiger partial charge in [0.05, 0.1) is 11.0 Å². The standard InChI is InChI=1S/C48H29NO/c1-2-15-37-35(13-1)36-14-3-4-16-38(36)43-28-31(23-25-39(37)43)30-11-9-12-32(27-30)34-19-10-20-42-44-29-33(24-26-47(44)50-48(34)42)49-45-21-7-5-17-40(45)41-18-6-8-22-46(41)49/h1-29H. The summed E-state index contributed by atoms with van der Waals surface area (Å²) in [5, 5.41) is 12.5. The molecule has 0 aliphatic carbocycles. The molecule has 0 saturated heterocycles. The monoisotopic (exact) mass is 635 g/mol. The average molecular weight is 636 g/mol. The first kappa shape index (κ1) is 27.3. The molecule has 0 aliphatic rings. The van der Waals surface area contributed by atoms with E-state index in [-0.39, 0.29) is 0 Å². The largest absolute Gasteiger partial charge is 0.455 e. The summed E-state index contributed by atoms with van der Waals surface area (Å²) in [5.41, 5.74) is 9.95. The van der Waals surface area contributed by atoms with Gasteiger partial charge >= 0.3 is 0 Å². The number of para-hydroxylation sites is 3. The summed E-state index contributed by atoms with van der Waals surface area (Å²) in [6.07, 6.45) is 0. The number of furan rings is 1. The molecule has 0 radical (unpaired) electrons. The zero-order valence-electron chi connectivity index (χ0n) is 27.1. The van der Waals surface area contributed by atoms with Gasteiger partial charge in [-0.2, -0.15) is 0 Å². The maximum atomic E-state index is 6.67. The third kappa shape index (κ3) is 3.90. The average Bonchev–Trinajstić information content (AvgIpc) is 3.73. The number of fused-ring (bicyclic) bond motifs is 12. The molecule has 50 heavy (non-hydrogen) atoms. The lowest BCUT2D eigenvalue weighted by Gasteiger charge is -2.12. The minimum absolute atomic E-state index is 0.891. The Morgan fingerprint density at radius 2 is 0.860 bits per heavy atom. The highest BCUT2D eigenvalue weighted by Crippen LogP contribution is 2.41. The van der Waals surface area contributed by atoms with Gasteiger partial charge in [-0.15, -0.1) is 0 Å². The minimum Gasteiger partial charge on any atom is -0.455 e. The summed E-state index contributed by atoms with van der Waals surface area (Å²) >= 11 is 0. The van der Waals surface area contributed by atoms with Crippen molar-refractivity contribution in [2.24, 2.45) is 0 Å². The van der Waals surface area contributed by atoms with E-state index in [0.29, 0.717) is 0 Å². The Morgan fingerprint density at radius 1 is 0.320 bits per heavy atom. The van der Waals surface area contributed by atoms with Gasteiger partial charge in [0.15, 0.2) is 0 Å². The minimum atomic E-state index is 0.891. The van der Waals surface area contributed by atoms with Crippen LogP contribution in [0, 0.1) is 0 Å². The van der Waals surface area contributed by atoms with E-state index in [4.69, 9.17) is 4.42 Å². The smallest absolute Gasteiger partial charge is 0.143 e. The van der Waals surface area contributed by atoms with Crippen LogP contribution < -0.4 is 0 Å². The molecular formula is C48H29NO. The van der Waals surface area contributed by atoms with Crippen LogP contribution in [0.3, 0.4) is 0 Å². The van der Waals surface area contributed by atoms with E-state index in [2.05, 4.69) is 180 Å². The van der Waals surface area contributed by atoms with E-state index < -0.39 is 0 Å². The predicted octanol–water partition coefficient (Wildman–Crippen LogP) is 13.5. The molecule has 0 aliphatic heterocycles. The second-order valence-corrected chi connectivity index (χ2v) is 13.3. The molecule has 0 atom stereocenters. The van der Waals surface area contributed by atoms with Crippen LogP contribution in [0.15, 0.2) is 180 Å². The molecule has 0 spiro atoms. The van der Waals surface area contributed by atoms with Crippen molar-refractivity contribution in [3.63, 3.8) is 0 Å². The molecule has 2 heterocycles. The molecule has 9 aromatic carbocycles. The number of hydrogen-bond donors (Lipinski definition) is 0. The highest BCUT2D eigenvalue weighted by molar-refractivity contribution is 6.25. The van der Waals surface area contributed by atoms with Crippen molar-refractivity contribution in [2.75, 3.05) is 0 Å². The first-order valence-corrected chi connectivity index (χ1v) is 17.2. The summed E-state index contributed by atoms with van der Waals surface area (Å²) < 4.78 is 9.04. The van der Waals surface area contributed by atoms with Gasteiger partial charge in [0.1, 0.15) is 11.2 Å². The lowest BCUT2D eigenvalue weighted by atomic mass is 9.91. The molecule has 0 N–H and O–H groups in total. The van der Waals surface area contributed by atoms with Crippen molar-refractivity contribution < 1.29 is 4.42 Å². The van der Waals surface area contributed by atoms with Crippen LogP contribution in [0.2, 0.25) is 0 Å². The first-order chi connectivity index (χ1) is 24.8. The molecule has 2 aromatic heterocycles. The fourth-order valence-electron chi connectivity index (χ4n) is 8.31. The molecule has 11 aromatic rings. The highest BCUT2D eigenvalue weighted by Gasteiger charge is 2.17. The van der Waals surface area contributed by atoms with Crippen molar-refractivity contribution in [1.29, 1.82) is 0 Å².